The maximum absolute atomic E-state index is 12.3. The number of hydrogen-bond donors (Lipinski definition) is 2. The summed E-state index contributed by atoms with van der Waals surface area (Å²) in [5, 5.41) is 6.42. The Kier molecular flexibility index (Phi) is 6.43. The van der Waals surface area contributed by atoms with Gasteiger partial charge < -0.3 is 4.90 Å². The predicted molar refractivity (Wildman–Crippen MR) is 115 cm³/mol. The fraction of sp³-hybridized carbons (Fsp3) is 0.263. The first kappa shape index (κ1) is 18.9. The van der Waals surface area contributed by atoms with Gasteiger partial charge in [0.1, 0.15) is 22.5 Å². The number of amides is 2. The molecule has 3 heterocycles. The zero-order valence-electron chi connectivity index (χ0n) is 15.3. The Morgan fingerprint density at radius 1 is 1.19 bits per heavy atom. The van der Waals surface area contributed by atoms with Crippen molar-refractivity contribution in [3.05, 3.63) is 60.2 Å². The molecule has 1 aliphatic heterocycles. The van der Waals surface area contributed by atoms with Gasteiger partial charge in [0, 0.05) is 39.7 Å². The molecular formula is C19H26N6OS. The van der Waals surface area contributed by atoms with E-state index in [9.17, 15) is 4.79 Å². The van der Waals surface area contributed by atoms with E-state index >= 15 is 0 Å². The first-order valence-corrected chi connectivity index (χ1v) is 9.80. The Morgan fingerprint density at radius 2 is 1.96 bits per heavy atom. The lowest BCUT2D eigenvalue weighted by Crippen LogP contribution is -2.29. The fourth-order valence-electron chi connectivity index (χ4n) is 2.59. The summed E-state index contributed by atoms with van der Waals surface area (Å²) in [5.41, 5.74) is 0.983. The summed E-state index contributed by atoms with van der Waals surface area (Å²) in [6.45, 7) is 5.86. The van der Waals surface area contributed by atoms with Crippen LogP contribution in [0.1, 0.15) is 22.3 Å². The van der Waals surface area contributed by atoms with E-state index in [0.29, 0.717) is 11.6 Å². The van der Waals surface area contributed by atoms with Gasteiger partial charge in [-0.25, -0.2) is 14.8 Å². The number of thioether (sulfide) groups is 1. The van der Waals surface area contributed by atoms with Crippen molar-refractivity contribution in [1.29, 1.82) is 0 Å². The highest BCUT2D eigenvalue weighted by molar-refractivity contribution is 8.14. The standard InChI is InChI=1S/C19H22N6OS.2H2/c1-3-25(4-2)17-7-5-6-15(21-17)23-19(26)24-16-10-13-27-18(22-16)14-8-11-20-12-9-14;;/h5-12H,3-4,13H2,1-2H3,(H2,21,23,24,26);2*1H. The molecule has 0 atom stereocenters. The number of carbonyl (C=O) groups excluding carboxylic acids is 1. The smallest absolute Gasteiger partial charge is 0.326 e. The number of pyridine rings is 2. The summed E-state index contributed by atoms with van der Waals surface area (Å²) >= 11 is 1.62. The van der Waals surface area contributed by atoms with Crippen molar-refractivity contribution in [2.75, 3.05) is 29.1 Å². The number of nitrogens with zero attached hydrogens (tertiary/aromatic N) is 4. The van der Waals surface area contributed by atoms with Gasteiger partial charge in [-0.15, -0.1) is 11.8 Å². The lowest BCUT2D eigenvalue weighted by atomic mass is 10.3. The third kappa shape index (κ3) is 5.07. The van der Waals surface area contributed by atoms with Crippen LogP contribution in [0.25, 0.3) is 0 Å². The van der Waals surface area contributed by atoms with Crippen LogP contribution < -0.4 is 15.5 Å². The summed E-state index contributed by atoms with van der Waals surface area (Å²) in [6.07, 6.45) is 5.34. The second-order valence-corrected chi connectivity index (χ2v) is 6.69. The van der Waals surface area contributed by atoms with Gasteiger partial charge in [-0.1, -0.05) is 6.07 Å². The molecule has 0 bridgehead atoms. The van der Waals surface area contributed by atoms with Crippen LogP contribution in [0, 0.1) is 0 Å². The highest BCUT2D eigenvalue weighted by atomic mass is 32.2. The molecule has 7 nitrogen and oxygen atoms in total. The normalized spacial score (nSPS) is 13.4. The number of nitrogens with one attached hydrogen (secondary N) is 2. The minimum Gasteiger partial charge on any atom is -0.357 e. The molecular weight excluding hydrogens is 360 g/mol. The van der Waals surface area contributed by atoms with Crippen LogP contribution in [0.5, 0.6) is 0 Å². The first-order chi connectivity index (χ1) is 13.2. The fourth-order valence-corrected chi connectivity index (χ4v) is 3.45. The molecule has 0 unspecified atom stereocenters. The second-order valence-electron chi connectivity index (χ2n) is 5.69. The van der Waals surface area contributed by atoms with Crippen molar-refractivity contribution >= 4 is 34.5 Å². The Morgan fingerprint density at radius 3 is 2.70 bits per heavy atom. The Balaban J connectivity index is 0.00000210. The lowest BCUT2D eigenvalue weighted by molar-refractivity contribution is 0.254. The molecule has 8 heteroatoms. The van der Waals surface area contributed by atoms with Crippen molar-refractivity contribution in [2.24, 2.45) is 4.99 Å². The second kappa shape index (κ2) is 9.18. The van der Waals surface area contributed by atoms with Gasteiger partial charge in [0.15, 0.2) is 0 Å². The number of carbonyl (C=O) groups is 1. The summed E-state index contributed by atoms with van der Waals surface area (Å²) in [6, 6.07) is 9.02. The van der Waals surface area contributed by atoms with Gasteiger partial charge in [0.05, 0.1) is 0 Å². The van der Waals surface area contributed by atoms with E-state index in [4.69, 9.17) is 0 Å². The molecule has 0 fully saturated rings. The maximum Gasteiger partial charge on any atom is 0.326 e. The van der Waals surface area contributed by atoms with Crippen molar-refractivity contribution in [1.82, 2.24) is 15.3 Å². The topological polar surface area (TPSA) is 82.5 Å². The molecule has 0 spiro atoms. The van der Waals surface area contributed by atoms with Crippen LogP contribution in [0.4, 0.5) is 16.4 Å². The van der Waals surface area contributed by atoms with Gasteiger partial charge in [0.2, 0.25) is 0 Å². The first-order valence-electron chi connectivity index (χ1n) is 8.81. The molecule has 0 radical (unpaired) electrons. The highest BCUT2D eigenvalue weighted by Gasteiger charge is 2.13. The molecule has 2 N–H and O–H groups in total. The summed E-state index contributed by atoms with van der Waals surface area (Å²) in [4.78, 5) is 27.5. The lowest BCUT2D eigenvalue weighted by Gasteiger charge is -2.20. The van der Waals surface area contributed by atoms with E-state index in [1.807, 2.05) is 30.3 Å². The number of urea groups is 1. The summed E-state index contributed by atoms with van der Waals surface area (Å²) < 4.78 is 0. The van der Waals surface area contributed by atoms with Gasteiger partial charge in [-0.05, 0) is 44.2 Å². The van der Waals surface area contributed by atoms with Crippen LogP contribution in [0.3, 0.4) is 0 Å². The molecule has 0 aliphatic carbocycles. The number of aliphatic imine (C=N–C) groups is 1. The number of aromatic nitrogens is 2. The van der Waals surface area contributed by atoms with Crippen LogP contribution >= 0.6 is 11.8 Å². The van der Waals surface area contributed by atoms with Crippen molar-refractivity contribution in [3.8, 4) is 0 Å². The van der Waals surface area contributed by atoms with Crippen LogP contribution in [0.2, 0.25) is 0 Å². The van der Waals surface area contributed by atoms with Gasteiger partial charge in [-0.3, -0.25) is 15.6 Å². The average molecular weight is 387 g/mol. The predicted octanol–water partition coefficient (Wildman–Crippen LogP) is 3.97. The molecule has 2 aromatic rings. The van der Waals surface area contributed by atoms with Crippen LogP contribution in [-0.4, -0.2) is 39.9 Å². The van der Waals surface area contributed by atoms with Crippen molar-refractivity contribution < 1.29 is 7.65 Å². The van der Waals surface area contributed by atoms with Crippen molar-refractivity contribution in [3.63, 3.8) is 0 Å². The molecule has 1 aliphatic rings. The molecule has 27 heavy (non-hydrogen) atoms. The Labute approximate surface area is 166 Å². The SMILES string of the molecule is CCN(CC)c1cccc(NC(=O)NC2=CCSC(c3ccncc3)=N2)n1.[HH].[HH]. The molecule has 2 amide bonds. The van der Waals surface area contributed by atoms with E-state index in [2.05, 4.69) is 44.3 Å². The average Bonchev–Trinajstić information content (AvgIpc) is 2.70. The van der Waals surface area contributed by atoms with Crippen LogP contribution in [0.15, 0.2) is 59.6 Å². The maximum atomic E-state index is 12.3. The number of hydrogen-bond acceptors (Lipinski definition) is 6. The molecule has 0 saturated heterocycles. The van der Waals surface area contributed by atoms with E-state index < -0.39 is 0 Å². The Bertz CT molecular complexity index is 859. The van der Waals surface area contributed by atoms with Crippen LogP contribution in [-0.2, 0) is 0 Å². The van der Waals surface area contributed by atoms with Crippen molar-refractivity contribution in [2.45, 2.75) is 13.8 Å². The minimum atomic E-state index is -0.366. The molecule has 0 aromatic carbocycles. The third-order valence-corrected chi connectivity index (χ3v) is 4.88. The van der Waals surface area contributed by atoms with E-state index in [1.54, 1.807) is 30.2 Å². The molecule has 0 saturated carbocycles. The van der Waals surface area contributed by atoms with E-state index in [-0.39, 0.29) is 8.88 Å². The molecule has 144 valence electrons. The number of rotatable bonds is 6. The van der Waals surface area contributed by atoms with Gasteiger partial charge >= 0.3 is 6.03 Å². The molecule has 2 aromatic heterocycles. The number of anilines is 2. The zero-order valence-corrected chi connectivity index (χ0v) is 16.2. The van der Waals surface area contributed by atoms with E-state index in [1.165, 1.54) is 0 Å². The summed E-state index contributed by atoms with van der Waals surface area (Å²) in [7, 11) is 0. The molecule has 3 rings (SSSR count). The highest BCUT2D eigenvalue weighted by Crippen LogP contribution is 2.20. The van der Waals surface area contributed by atoms with Gasteiger partial charge in [-0.2, -0.15) is 0 Å². The van der Waals surface area contributed by atoms with E-state index in [0.717, 1.165) is 35.3 Å². The quantitative estimate of drug-likeness (QED) is 0.785. The largest absolute Gasteiger partial charge is 0.357 e. The minimum absolute atomic E-state index is 0. The third-order valence-electron chi connectivity index (χ3n) is 3.95. The van der Waals surface area contributed by atoms with Gasteiger partial charge in [0.25, 0.3) is 0 Å². The zero-order chi connectivity index (χ0) is 19.1. The monoisotopic (exact) mass is 386 g/mol. The summed E-state index contributed by atoms with van der Waals surface area (Å²) in [5.74, 6) is 2.61. The Hall–Kier alpha value is -2.87.